The predicted octanol–water partition coefficient (Wildman–Crippen LogP) is 2.81. The van der Waals surface area contributed by atoms with Crippen LogP contribution in [0.15, 0.2) is 35.2 Å². The largest absolute Gasteiger partial charge is 0.377 e. The topological polar surface area (TPSA) is 80.0 Å². The van der Waals surface area contributed by atoms with Gasteiger partial charge < -0.3 is 16.4 Å². The number of nitrogens with zero attached hydrogens (tertiary/aromatic N) is 1. The lowest BCUT2D eigenvalue weighted by molar-refractivity contribution is 0.259. The average molecular weight is 262 g/mol. The van der Waals surface area contributed by atoms with E-state index in [2.05, 4.69) is 15.6 Å². The van der Waals surface area contributed by atoms with Gasteiger partial charge in [0.05, 0.1) is 17.2 Å². The minimum Gasteiger partial charge on any atom is -0.377 e. The molecule has 0 saturated carbocycles. The molecule has 1 unspecified atom stereocenters. The van der Waals surface area contributed by atoms with Crippen LogP contribution >= 0.6 is 11.3 Å². The third-order valence-corrected chi connectivity index (χ3v) is 3.01. The van der Waals surface area contributed by atoms with E-state index in [0.29, 0.717) is 5.69 Å². The van der Waals surface area contributed by atoms with E-state index in [9.17, 15) is 4.79 Å². The van der Waals surface area contributed by atoms with Crippen molar-refractivity contribution in [3.05, 3.63) is 40.8 Å². The van der Waals surface area contributed by atoms with Gasteiger partial charge in [-0.05, 0) is 25.1 Å². The minimum atomic E-state index is -0.570. The molecule has 0 aliphatic carbocycles. The number of amides is 2. The Morgan fingerprint density at radius 3 is 2.89 bits per heavy atom. The minimum absolute atomic E-state index is 0.111. The second kappa shape index (κ2) is 5.50. The summed E-state index contributed by atoms with van der Waals surface area (Å²) in [6, 6.07) is 6.92. The molecule has 0 aliphatic rings. The molecule has 1 heterocycles. The Labute approximate surface area is 109 Å². The highest BCUT2D eigenvalue weighted by Gasteiger charge is 2.07. The van der Waals surface area contributed by atoms with Gasteiger partial charge in [0.15, 0.2) is 0 Å². The van der Waals surface area contributed by atoms with Gasteiger partial charge in [0.2, 0.25) is 0 Å². The summed E-state index contributed by atoms with van der Waals surface area (Å²) in [5.41, 5.74) is 9.44. The van der Waals surface area contributed by atoms with E-state index in [-0.39, 0.29) is 6.04 Å². The van der Waals surface area contributed by atoms with Crippen LogP contribution in [0, 0.1) is 0 Å². The maximum atomic E-state index is 10.8. The number of carbonyl (C=O) groups excluding carboxylic acids is 1. The molecule has 0 spiro atoms. The summed E-state index contributed by atoms with van der Waals surface area (Å²) in [7, 11) is 0. The molecule has 2 aromatic rings. The van der Waals surface area contributed by atoms with Gasteiger partial charge >= 0.3 is 6.03 Å². The smallest absolute Gasteiger partial charge is 0.316 e. The van der Waals surface area contributed by atoms with Gasteiger partial charge in [-0.3, -0.25) is 0 Å². The molecule has 0 saturated heterocycles. The maximum absolute atomic E-state index is 10.8. The van der Waals surface area contributed by atoms with E-state index in [1.165, 1.54) is 0 Å². The molecule has 2 rings (SSSR count). The summed E-state index contributed by atoms with van der Waals surface area (Å²) in [4.78, 5) is 15.0. The van der Waals surface area contributed by atoms with E-state index in [0.717, 1.165) is 11.4 Å². The summed E-state index contributed by atoms with van der Waals surface area (Å²) < 4.78 is 0. The summed E-state index contributed by atoms with van der Waals surface area (Å²) in [5.74, 6) is 0. The number of urea groups is 1. The van der Waals surface area contributed by atoms with Crippen LogP contribution in [0.2, 0.25) is 0 Å². The average Bonchev–Trinajstić information content (AvgIpc) is 2.81. The number of thiazole rings is 1. The zero-order valence-electron chi connectivity index (χ0n) is 9.88. The molecule has 1 aromatic heterocycles. The molecule has 6 heteroatoms. The molecule has 18 heavy (non-hydrogen) atoms. The molecule has 1 atom stereocenters. The molecule has 5 nitrogen and oxygen atoms in total. The Morgan fingerprint density at radius 1 is 1.44 bits per heavy atom. The molecule has 0 fully saturated rings. The van der Waals surface area contributed by atoms with Gasteiger partial charge in [-0.25, -0.2) is 9.78 Å². The van der Waals surface area contributed by atoms with Crippen LogP contribution in [0.5, 0.6) is 0 Å². The molecule has 0 aliphatic heterocycles. The first kappa shape index (κ1) is 12.4. The quantitative estimate of drug-likeness (QED) is 0.792. The standard InChI is InChI=1S/C12H14N4OS/c1-8(11-6-18-7-14-11)15-9-3-2-4-10(5-9)16-12(13)17/h2-8,15H,1H3,(H3,13,16,17). The number of nitrogens with one attached hydrogen (secondary N) is 2. The second-order valence-corrected chi connectivity index (χ2v) is 4.57. The number of anilines is 2. The highest BCUT2D eigenvalue weighted by molar-refractivity contribution is 7.07. The molecular weight excluding hydrogens is 248 g/mol. The van der Waals surface area contributed by atoms with E-state index in [1.807, 2.05) is 30.5 Å². The SMILES string of the molecule is CC(Nc1cccc(NC(N)=O)c1)c1cscn1. The van der Waals surface area contributed by atoms with E-state index in [1.54, 1.807) is 22.9 Å². The third kappa shape index (κ3) is 3.21. The van der Waals surface area contributed by atoms with Gasteiger partial charge in [-0.2, -0.15) is 0 Å². The number of carbonyl (C=O) groups is 1. The number of aromatic nitrogens is 1. The lowest BCUT2D eigenvalue weighted by Gasteiger charge is -2.14. The number of hydrogen-bond acceptors (Lipinski definition) is 4. The van der Waals surface area contributed by atoms with Crippen LogP contribution in [0.4, 0.5) is 16.2 Å². The molecule has 2 amide bonds. The fraction of sp³-hybridized carbons (Fsp3) is 0.167. The van der Waals surface area contributed by atoms with E-state index < -0.39 is 6.03 Å². The van der Waals surface area contributed by atoms with Crippen LogP contribution in [0.25, 0.3) is 0 Å². The van der Waals surface area contributed by atoms with Crippen LogP contribution in [0.3, 0.4) is 0 Å². The summed E-state index contributed by atoms with van der Waals surface area (Å²) in [6.45, 7) is 2.03. The van der Waals surface area contributed by atoms with Crippen LogP contribution in [-0.4, -0.2) is 11.0 Å². The zero-order chi connectivity index (χ0) is 13.0. The number of hydrogen-bond donors (Lipinski definition) is 3. The number of primary amides is 1. The van der Waals surface area contributed by atoms with Crippen molar-refractivity contribution in [1.29, 1.82) is 0 Å². The zero-order valence-corrected chi connectivity index (χ0v) is 10.7. The Kier molecular flexibility index (Phi) is 3.78. The molecule has 0 radical (unpaired) electrons. The molecule has 94 valence electrons. The van der Waals surface area contributed by atoms with Crippen molar-refractivity contribution in [2.24, 2.45) is 5.73 Å². The Hall–Kier alpha value is -2.08. The van der Waals surface area contributed by atoms with Gasteiger partial charge in [-0.15, -0.1) is 11.3 Å². The number of rotatable bonds is 4. The van der Waals surface area contributed by atoms with Crippen molar-refractivity contribution in [2.45, 2.75) is 13.0 Å². The molecule has 0 bridgehead atoms. The molecule has 1 aromatic carbocycles. The van der Waals surface area contributed by atoms with E-state index >= 15 is 0 Å². The van der Waals surface area contributed by atoms with Crippen LogP contribution < -0.4 is 16.4 Å². The van der Waals surface area contributed by atoms with Crippen molar-refractivity contribution in [3.8, 4) is 0 Å². The van der Waals surface area contributed by atoms with Crippen molar-refractivity contribution in [3.63, 3.8) is 0 Å². The Balaban J connectivity index is 2.07. The Morgan fingerprint density at radius 2 is 2.22 bits per heavy atom. The first-order valence-corrected chi connectivity index (χ1v) is 6.40. The first-order chi connectivity index (χ1) is 8.65. The fourth-order valence-corrected chi connectivity index (χ4v) is 2.24. The second-order valence-electron chi connectivity index (χ2n) is 3.85. The van der Waals surface area contributed by atoms with Crippen LogP contribution in [0.1, 0.15) is 18.7 Å². The van der Waals surface area contributed by atoms with Gasteiger partial charge in [0.25, 0.3) is 0 Å². The molecular formula is C12H14N4OS. The van der Waals surface area contributed by atoms with E-state index in [4.69, 9.17) is 5.73 Å². The predicted molar refractivity (Wildman–Crippen MR) is 73.8 cm³/mol. The number of benzene rings is 1. The summed E-state index contributed by atoms with van der Waals surface area (Å²) in [5, 5.41) is 7.85. The normalized spacial score (nSPS) is 11.8. The van der Waals surface area contributed by atoms with Crippen molar-refractivity contribution in [2.75, 3.05) is 10.6 Å². The highest BCUT2D eigenvalue weighted by Crippen LogP contribution is 2.21. The molecule has 4 N–H and O–H groups in total. The lowest BCUT2D eigenvalue weighted by Crippen LogP contribution is -2.19. The Bertz CT molecular complexity index is 527. The first-order valence-electron chi connectivity index (χ1n) is 5.46. The third-order valence-electron chi connectivity index (χ3n) is 2.41. The summed E-state index contributed by atoms with van der Waals surface area (Å²) >= 11 is 1.57. The number of nitrogens with two attached hydrogens (primary N) is 1. The maximum Gasteiger partial charge on any atom is 0.316 e. The van der Waals surface area contributed by atoms with Gasteiger partial charge in [0.1, 0.15) is 0 Å². The summed E-state index contributed by atoms with van der Waals surface area (Å²) in [6.07, 6.45) is 0. The van der Waals surface area contributed by atoms with Crippen molar-refractivity contribution < 1.29 is 4.79 Å². The lowest BCUT2D eigenvalue weighted by atomic mass is 10.2. The monoisotopic (exact) mass is 262 g/mol. The highest BCUT2D eigenvalue weighted by atomic mass is 32.1. The fourth-order valence-electron chi connectivity index (χ4n) is 1.59. The van der Waals surface area contributed by atoms with Crippen molar-refractivity contribution in [1.82, 2.24) is 4.98 Å². The van der Waals surface area contributed by atoms with Crippen LogP contribution in [-0.2, 0) is 0 Å². The van der Waals surface area contributed by atoms with Gasteiger partial charge in [0, 0.05) is 16.8 Å². The van der Waals surface area contributed by atoms with Gasteiger partial charge in [-0.1, -0.05) is 6.07 Å². The van der Waals surface area contributed by atoms with Crippen molar-refractivity contribution >= 4 is 28.7 Å².